The molecular weight excluding hydrogens is 209 g/mol. The lowest BCUT2D eigenvalue weighted by molar-refractivity contribution is 0.261. The van der Waals surface area contributed by atoms with E-state index in [1.165, 1.54) is 18.2 Å². The Hall–Kier alpha value is -0.440. The average molecular weight is 229 g/mol. The molecule has 0 aromatic carbocycles. The predicted octanol–water partition coefficient (Wildman–Crippen LogP) is 3.55. The summed E-state index contributed by atoms with van der Waals surface area (Å²) in [6.07, 6.45) is 6.91. The zero-order chi connectivity index (χ0) is 11.5. The molecule has 3 heteroatoms. The Morgan fingerprint density at radius 3 is 2.60 bits per heavy atom. The van der Waals surface area contributed by atoms with Crippen LogP contribution in [-0.2, 0) is 0 Å². The molecule has 1 atom stereocenters. The van der Waals surface area contributed by atoms with Crippen LogP contribution >= 0.6 is 12.6 Å². The minimum absolute atomic E-state index is 0.451. The SMILES string of the molecule is CC1=CC=C(N(C)CCC(C)(F)S)CC1. The van der Waals surface area contributed by atoms with Crippen LogP contribution in [0.25, 0.3) is 0 Å². The molecule has 0 saturated heterocycles. The smallest absolute Gasteiger partial charge is 0.152 e. The highest BCUT2D eigenvalue weighted by molar-refractivity contribution is 7.81. The Balaban J connectivity index is 2.44. The second-order valence-electron chi connectivity index (χ2n) is 4.48. The van der Waals surface area contributed by atoms with Crippen LogP contribution in [0.4, 0.5) is 4.39 Å². The fourth-order valence-electron chi connectivity index (χ4n) is 1.56. The van der Waals surface area contributed by atoms with Gasteiger partial charge >= 0.3 is 0 Å². The summed E-state index contributed by atoms with van der Waals surface area (Å²) in [5.74, 6) is 0. The van der Waals surface area contributed by atoms with Crippen molar-refractivity contribution in [1.29, 1.82) is 0 Å². The van der Waals surface area contributed by atoms with Crippen LogP contribution in [0.1, 0.15) is 33.1 Å². The molecule has 0 aromatic heterocycles. The Kier molecular flexibility index (Phi) is 4.26. The van der Waals surface area contributed by atoms with Gasteiger partial charge < -0.3 is 4.90 Å². The Morgan fingerprint density at radius 2 is 2.13 bits per heavy atom. The van der Waals surface area contributed by atoms with Gasteiger partial charge in [0.2, 0.25) is 0 Å². The van der Waals surface area contributed by atoms with E-state index in [0.29, 0.717) is 6.42 Å². The number of rotatable bonds is 4. The lowest BCUT2D eigenvalue weighted by atomic mass is 10.0. The van der Waals surface area contributed by atoms with Gasteiger partial charge in [-0.2, -0.15) is 0 Å². The zero-order valence-corrected chi connectivity index (χ0v) is 10.6. The molecule has 0 saturated carbocycles. The van der Waals surface area contributed by atoms with Gasteiger partial charge in [0.15, 0.2) is 5.00 Å². The predicted molar refractivity (Wildman–Crippen MR) is 66.8 cm³/mol. The fraction of sp³-hybridized carbons (Fsp3) is 0.667. The first-order valence-corrected chi connectivity index (χ1v) is 5.82. The average Bonchev–Trinajstić information content (AvgIpc) is 2.14. The van der Waals surface area contributed by atoms with E-state index in [1.54, 1.807) is 0 Å². The monoisotopic (exact) mass is 229 g/mol. The molecule has 0 fully saturated rings. The van der Waals surface area contributed by atoms with Crippen molar-refractivity contribution in [2.45, 2.75) is 38.1 Å². The van der Waals surface area contributed by atoms with Gasteiger partial charge in [0.1, 0.15) is 0 Å². The van der Waals surface area contributed by atoms with Gasteiger partial charge in [-0.15, -0.1) is 12.6 Å². The standard InChI is InChI=1S/C12H20FNS/c1-10-4-6-11(7-5-10)14(3)9-8-12(2,13)15/h4,6,15H,5,7-9H2,1-3H3. The van der Waals surface area contributed by atoms with E-state index in [4.69, 9.17) is 0 Å². The van der Waals surface area contributed by atoms with E-state index in [9.17, 15) is 4.39 Å². The maximum Gasteiger partial charge on any atom is 0.152 e. The summed E-state index contributed by atoms with van der Waals surface area (Å²) in [6.45, 7) is 4.36. The molecule has 0 N–H and O–H groups in total. The highest BCUT2D eigenvalue weighted by atomic mass is 32.1. The number of alkyl halides is 1. The summed E-state index contributed by atoms with van der Waals surface area (Å²) in [5, 5.41) is -1.37. The first-order valence-electron chi connectivity index (χ1n) is 5.37. The van der Waals surface area contributed by atoms with E-state index in [2.05, 4.69) is 36.6 Å². The first-order chi connectivity index (χ1) is 6.88. The normalized spacial score (nSPS) is 20.3. The largest absolute Gasteiger partial charge is 0.378 e. The van der Waals surface area contributed by atoms with Crippen LogP contribution in [0, 0.1) is 0 Å². The van der Waals surface area contributed by atoms with Crippen molar-refractivity contribution in [3.8, 4) is 0 Å². The van der Waals surface area contributed by atoms with Crippen molar-refractivity contribution < 1.29 is 4.39 Å². The van der Waals surface area contributed by atoms with Crippen molar-refractivity contribution in [1.82, 2.24) is 4.90 Å². The number of hydrogen-bond donors (Lipinski definition) is 1. The van der Waals surface area contributed by atoms with E-state index in [-0.39, 0.29) is 0 Å². The number of allylic oxidation sites excluding steroid dienone is 4. The van der Waals surface area contributed by atoms with Crippen LogP contribution < -0.4 is 0 Å². The molecule has 1 aliphatic carbocycles. The van der Waals surface area contributed by atoms with Crippen LogP contribution in [-0.4, -0.2) is 23.5 Å². The molecule has 0 aliphatic heterocycles. The molecule has 0 spiro atoms. The summed E-state index contributed by atoms with van der Waals surface area (Å²) < 4.78 is 13.2. The molecule has 86 valence electrons. The maximum absolute atomic E-state index is 13.2. The molecule has 15 heavy (non-hydrogen) atoms. The number of nitrogens with zero attached hydrogens (tertiary/aromatic N) is 1. The highest BCUT2D eigenvalue weighted by Crippen LogP contribution is 2.23. The van der Waals surface area contributed by atoms with Gasteiger partial charge in [-0.25, -0.2) is 4.39 Å². The molecular formula is C12H20FNS. The summed E-state index contributed by atoms with van der Waals surface area (Å²) in [6, 6.07) is 0. The van der Waals surface area contributed by atoms with Gasteiger partial charge in [-0.05, 0) is 32.8 Å². The minimum Gasteiger partial charge on any atom is -0.378 e. The number of thiol groups is 1. The minimum atomic E-state index is -1.37. The quantitative estimate of drug-likeness (QED) is 0.722. The van der Waals surface area contributed by atoms with Gasteiger partial charge in [-0.3, -0.25) is 0 Å². The third-order valence-corrected chi connectivity index (χ3v) is 2.95. The van der Waals surface area contributed by atoms with Gasteiger partial charge in [0.05, 0.1) is 0 Å². The Morgan fingerprint density at radius 1 is 1.47 bits per heavy atom. The third-order valence-electron chi connectivity index (χ3n) is 2.73. The molecule has 0 bridgehead atoms. The van der Waals surface area contributed by atoms with Gasteiger partial charge in [0, 0.05) is 25.7 Å². The van der Waals surface area contributed by atoms with Crippen molar-refractivity contribution in [2.75, 3.05) is 13.6 Å². The third kappa shape index (κ3) is 4.74. The lowest BCUT2D eigenvalue weighted by Crippen LogP contribution is -2.24. The van der Waals surface area contributed by atoms with Crippen molar-refractivity contribution in [3.63, 3.8) is 0 Å². The molecule has 0 amide bonds. The second kappa shape index (κ2) is 5.06. The van der Waals surface area contributed by atoms with E-state index < -0.39 is 5.00 Å². The molecule has 0 radical (unpaired) electrons. The maximum atomic E-state index is 13.2. The van der Waals surface area contributed by atoms with Crippen molar-refractivity contribution in [2.24, 2.45) is 0 Å². The lowest BCUT2D eigenvalue weighted by Gasteiger charge is -2.26. The van der Waals surface area contributed by atoms with Crippen molar-refractivity contribution >= 4 is 12.6 Å². The highest BCUT2D eigenvalue weighted by Gasteiger charge is 2.18. The summed E-state index contributed by atoms with van der Waals surface area (Å²) in [7, 11) is 2.01. The zero-order valence-electron chi connectivity index (χ0n) is 9.76. The molecule has 1 aliphatic rings. The Bertz CT molecular complexity index is 276. The number of hydrogen-bond acceptors (Lipinski definition) is 2. The van der Waals surface area contributed by atoms with Crippen LogP contribution in [0.15, 0.2) is 23.4 Å². The number of halogens is 1. The van der Waals surface area contributed by atoms with Crippen LogP contribution in [0.3, 0.4) is 0 Å². The van der Waals surface area contributed by atoms with E-state index in [1.807, 2.05) is 7.05 Å². The molecule has 1 nitrogen and oxygen atoms in total. The molecule has 1 unspecified atom stereocenters. The molecule has 1 rings (SSSR count). The van der Waals surface area contributed by atoms with E-state index in [0.717, 1.165) is 19.4 Å². The summed E-state index contributed by atoms with van der Waals surface area (Å²) in [5.41, 5.74) is 2.70. The fourth-order valence-corrected chi connectivity index (χ4v) is 1.66. The summed E-state index contributed by atoms with van der Waals surface area (Å²) in [4.78, 5) is 2.12. The second-order valence-corrected chi connectivity index (χ2v) is 5.42. The van der Waals surface area contributed by atoms with Crippen molar-refractivity contribution in [3.05, 3.63) is 23.4 Å². The molecule has 0 aromatic rings. The van der Waals surface area contributed by atoms with Gasteiger partial charge in [0.25, 0.3) is 0 Å². The van der Waals surface area contributed by atoms with Gasteiger partial charge in [-0.1, -0.05) is 11.6 Å². The first kappa shape index (κ1) is 12.6. The summed E-state index contributed by atoms with van der Waals surface area (Å²) >= 11 is 3.88. The topological polar surface area (TPSA) is 3.24 Å². The van der Waals surface area contributed by atoms with E-state index >= 15 is 0 Å². The Labute approximate surface area is 97.4 Å². The van der Waals surface area contributed by atoms with Crippen LogP contribution in [0.2, 0.25) is 0 Å². The molecule has 0 heterocycles. The van der Waals surface area contributed by atoms with Crippen LogP contribution in [0.5, 0.6) is 0 Å².